The molecule has 0 radical (unpaired) electrons. The smallest absolute Gasteiger partial charge is 0.323 e. The summed E-state index contributed by atoms with van der Waals surface area (Å²) in [5.74, 6) is -0.342. The van der Waals surface area contributed by atoms with Crippen LogP contribution in [0.25, 0.3) is 0 Å². The van der Waals surface area contributed by atoms with Gasteiger partial charge in [0.25, 0.3) is 0 Å². The zero-order valence-corrected chi connectivity index (χ0v) is 12.4. The molecule has 1 aromatic rings. The number of hydrogen-bond donors (Lipinski definition) is 2. The molecule has 4 nitrogen and oxygen atoms in total. The molecule has 110 valence electrons. The molecule has 0 aliphatic carbocycles. The second-order valence-electron chi connectivity index (χ2n) is 3.98. The third-order valence-corrected chi connectivity index (χ3v) is 2.50. The number of benzene rings is 1. The summed E-state index contributed by atoms with van der Waals surface area (Å²) in [6.45, 7) is 0.913. The molecule has 4 N–H and O–H groups in total. The lowest BCUT2D eigenvalue weighted by molar-refractivity contribution is -0.146. The van der Waals surface area contributed by atoms with Crippen LogP contribution in [0.2, 0.25) is 0 Å². The number of nitrogens with two attached hydrogens (primary N) is 2. The first-order valence-corrected chi connectivity index (χ1v) is 5.90. The van der Waals surface area contributed by atoms with E-state index in [-0.39, 0.29) is 37.4 Å². The Bertz CT molecular complexity index is 337. The molecule has 0 spiro atoms. The lowest BCUT2D eigenvalue weighted by atomic mass is 10.1. The average molecular weight is 309 g/mol. The van der Waals surface area contributed by atoms with E-state index in [4.69, 9.17) is 16.2 Å². The first-order chi connectivity index (χ1) is 8.24. The highest BCUT2D eigenvalue weighted by Gasteiger charge is 2.14. The first kappa shape index (κ1) is 20.5. The summed E-state index contributed by atoms with van der Waals surface area (Å²) in [6, 6.07) is 9.02. The molecule has 0 aliphatic rings. The maximum absolute atomic E-state index is 11.5. The van der Waals surface area contributed by atoms with E-state index in [9.17, 15) is 4.79 Å². The van der Waals surface area contributed by atoms with Crippen LogP contribution in [0.1, 0.15) is 24.8 Å². The van der Waals surface area contributed by atoms with E-state index in [0.717, 1.165) is 18.4 Å². The molecular weight excluding hydrogens is 287 g/mol. The summed E-state index contributed by atoms with van der Waals surface area (Å²) in [5, 5.41) is 0. The van der Waals surface area contributed by atoms with Crippen molar-refractivity contribution in [1.82, 2.24) is 0 Å². The molecule has 0 aliphatic heterocycles. The monoisotopic (exact) mass is 308 g/mol. The van der Waals surface area contributed by atoms with Gasteiger partial charge in [0.2, 0.25) is 0 Å². The van der Waals surface area contributed by atoms with Crippen molar-refractivity contribution in [2.45, 2.75) is 31.9 Å². The lowest BCUT2D eigenvalue weighted by Gasteiger charge is -2.11. The van der Waals surface area contributed by atoms with E-state index in [1.807, 2.05) is 30.3 Å². The SMILES string of the molecule is Cl.Cl.NCCCC[C@H](N)C(=O)OCc1ccccc1. The molecule has 0 amide bonds. The van der Waals surface area contributed by atoms with Gasteiger partial charge in [-0.15, -0.1) is 24.8 Å². The summed E-state index contributed by atoms with van der Waals surface area (Å²) in [7, 11) is 0. The van der Waals surface area contributed by atoms with E-state index in [1.165, 1.54) is 0 Å². The number of unbranched alkanes of at least 4 members (excludes halogenated alkanes) is 1. The van der Waals surface area contributed by atoms with Crippen LogP contribution < -0.4 is 11.5 Å². The summed E-state index contributed by atoms with van der Waals surface area (Å²) >= 11 is 0. The van der Waals surface area contributed by atoms with Crippen molar-refractivity contribution in [2.75, 3.05) is 6.54 Å². The quantitative estimate of drug-likeness (QED) is 0.597. The molecule has 0 saturated heterocycles. The van der Waals surface area contributed by atoms with Gasteiger partial charge in [0.15, 0.2) is 0 Å². The molecule has 0 fully saturated rings. The molecule has 6 heteroatoms. The predicted molar refractivity (Wildman–Crippen MR) is 81.6 cm³/mol. The maximum atomic E-state index is 11.5. The van der Waals surface area contributed by atoms with Crippen LogP contribution >= 0.6 is 24.8 Å². The molecular formula is C13H22Cl2N2O2. The van der Waals surface area contributed by atoms with Crippen molar-refractivity contribution in [1.29, 1.82) is 0 Å². The summed E-state index contributed by atoms with van der Waals surface area (Å²) in [5.41, 5.74) is 12.0. The Morgan fingerprint density at radius 3 is 2.37 bits per heavy atom. The van der Waals surface area contributed by atoms with Crippen molar-refractivity contribution >= 4 is 30.8 Å². The van der Waals surface area contributed by atoms with Gasteiger partial charge >= 0.3 is 5.97 Å². The minimum Gasteiger partial charge on any atom is -0.460 e. The van der Waals surface area contributed by atoms with Gasteiger partial charge in [0.1, 0.15) is 12.6 Å². The Morgan fingerprint density at radius 1 is 1.16 bits per heavy atom. The van der Waals surface area contributed by atoms with Crippen molar-refractivity contribution in [2.24, 2.45) is 11.5 Å². The van der Waals surface area contributed by atoms with Crippen LogP contribution in [0.3, 0.4) is 0 Å². The number of ether oxygens (including phenoxy) is 1. The van der Waals surface area contributed by atoms with E-state index >= 15 is 0 Å². The van der Waals surface area contributed by atoms with E-state index in [0.29, 0.717) is 13.0 Å². The molecule has 19 heavy (non-hydrogen) atoms. The molecule has 1 rings (SSSR count). The Balaban J connectivity index is 0. The van der Waals surface area contributed by atoms with Crippen LogP contribution in [-0.2, 0) is 16.1 Å². The first-order valence-electron chi connectivity index (χ1n) is 5.90. The van der Waals surface area contributed by atoms with E-state index < -0.39 is 6.04 Å². The van der Waals surface area contributed by atoms with Crippen LogP contribution in [0.15, 0.2) is 30.3 Å². The Morgan fingerprint density at radius 2 is 1.79 bits per heavy atom. The van der Waals surface area contributed by atoms with Gasteiger partial charge in [-0.2, -0.15) is 0 Å². The highest BCUT2D eigenvalue weighted by Crippen LogP contribution is 2.04. The maximum Gasteiger partial charge on any atom is 0.323 e. The minimum absolute atomic E-state index is 0. The van der Waals surface area contributed by atoms with Gasteiger partial charge in [-0.3, -0.25) is 4.79 Å². The van der Waals surface area contributed by atoms with Crippen LogP contribution in [0, 0.1) is 0 Å². The normalized spacial score (nSPS) is 10.8. The van der Waals surface area contributed by atoms with Gasteiger partial charge in [-0.05, 0) is 24.9 Å². The van der Waals surface area contributed by atoms with Gasteiger partial charge in [0, 0.05) is 0 Å². The molecule has 0 unspecified atom stereocenters. The molecule has 1 aromatic carbocycles. The second-order valence-corrected chi connectivity index (χ2v) is 3.98. The zero-order chi connectivity index (χ0) is 12.5. The van der Waals surface area contributed by atoms with Crippen molar-refractivity contribution in [3.8, 4) is 0 Å². The van der Waals surface area contributed by atoms with Crippen LogP contribution in [0.4, 0.5) is 0 Å². The van der Waals surface area contributed by atoms with Crippen molar-refractivity contribution in [3.63, 3.8) is 0 Å². The second kappa shape index (κ2) is 12.2. The van der Waals surface area contributed by atoms with Gasteiger partial charge < -0.3 is 16.2 Å². The predicted octanol–water partition coefficient (Wildman–Crippen LogP) is 2.03. The molecule has 0 saturated carbocycles. The van der Waals surface area contributed by atoms with Gasteiger partial charge in [-0.1, -0.05) is 36.8 Å². The summed E-state index contributed by atoms with van der Waals surface area (Å²) in [6.07, 6.45) is 2.38. The standard InChI is InChI=1S/C13H20N2O2.2ClH/c14-9-5-4-8-12(15)13(16)17-10-11-6-2-1-3-7-11;;/h1-3,6-7,12H,4-5,8-10,14-15H2;2*1H/t12-;;/m0../s1. The summed E-state index contributed by atoms with van der Waals surface area (Å²) in [4.78, 5) is 11.5. The molecule has 1 atom stereocenters. The highest BCUT2D eigenvalue weighted by molar-refractivity contribution is 5.85. The molecule has 0 heterocycles. The Hall–Kier alpha value is -0.810. The fraction of sp³-hybridized carbons (Fsp3) is 0.462. The molecule has 0 bridgehead atoms. The fourth-order valence-corrected chi connectivity index (χ4v) is 1.46. The van der Waals surface area contributed by atoms with Crippen LogP contribution in [0.5, 0.6) is 0 Å². The van der Waals surface area contributed by atoms with Crippen molar-refractivity contribution < 1.29 is 9.53 Å². The number of halogens is 2. The van der Waals surface area contributed by atoms with E-state index in [1.54, 1.807) is 0 Å². The lowest BCUT2D eigenvalue weighted by Crippen LogP contribution is -2.32. The third kappa shape index (κ3) is 8.83. The average Bonchev–Trinajstić information content (AvgIpc) is 2.37. The number of rotatable bonds is 7. The number of carbonyl (C=O) groups excluding carboxylic acids is 1. The number of hydrogen-bond acceptors (Lipinski definition) is 4. The Kier molecular flexibility index (Phi) is 13.2. The molecule has 0 aromatic heterocycles. The minimum atomic E-state index is -0.537. The van der Waals surface area contributed by atoms with Gasteiger partial charge in [-0.25, -0.2) is 0 Å². The largest absolute Gasteiger partial charge is 0.460 e. The topological polar surface area (TPSA) is 78.3 Å². The van der Waals surface area contributed by atoms with Crippen LogP contribution in [-0.4, -0.2) is 18.6 Å². The van der Waals surface area contributed by atoms with Crippen molar-refractivity contribution in [3.05, 3.63) is 35.9 Å². The third-order valence-electron chi connectivity index (χ3n) is 2.50. The number of carbonyl (C=O) groups is 1. The summed E-state index contributed by atoms with van der Waals surface area (Å²) < 4.78 is 5.13. The highest BCUT2D eigenvalue weighted by atomic mass is 35.5. The van der Waals surface area contributed by atoms with Gasteiger partial charge in [0.05, 0.1) is 0 Å². The van der Waals surface area contributed by atoms with E-state index in [2.05, 4.69) is 0 Å². The zero-order valence-electron chi connectivity index (χ0n) is 10.8. The fourth-order valence-electron chi connectivity index (χ4n) is 1.46. The Labute approximate surface area is 126 Å². The number of esters is 1.